The number of hydrogen-bond acceptors (Lipinski definition) is 8. The predicted molar refractivity (Wildman–Crippen MR) is 67.3 cm³/mol. The summed E-state index contributed by atoms with van der Waals surface area (Å²) in [5, 5.41) is 10.9. The smallest absolute Gasteiger partial charge is 0.311 e. The third-order valence-corrected chi connectivity index (χ3v) is 2.31. The maximum absolute atomic E-state index is 10.9. The molecule has 2 rings (SSSR count). The third-order valence-electron chi connectivity index (χ3n) is 2.31. The number of nitrogens with two attached hydrogens (primary N) is 2. The minimum Gasteiger partial charge on any atom is -0.490 e. The SMILES string of the molecule is COc1c(-c2nc(N)nc(N)n2)cccc1[N+](=O)[O-]. The van der Waals surface area contributed by atoms with Crippen LogP contribution >= 0.6 is 0 Å². The molecule has 0 aliphatic rings. The second-order valence-corrected chi connectivity index (χ2v) is 3.49. The van der Waals surface area contributed by atoms with Crippen LogP contribution in [0.1, 0.15) is 0 Å². The fourth-order valence-corrected chi connectivity index (χ4v) is 1.59. The molecule has 19 heavy (non-hydrogen) atoms. The van der Waals surface area contributed by atoms with E-state index >= 15 is 0 Å². The molecule has 0 amide bonds. The second kappa shape index (κ2) is 4.72. The number of anilines is 2. The Balaban J connectivity index is 2.68. The Labute approximate surface area is 107 Å². The maximum Gasteiger partial charge on any atom is 0.311 e. The first-order valence-corrected chi connectivity index (χ1v) is 5.11. The van der Waals surface area contributed by atoms with E-state index in [0.717, 1.165) is 0 Å². The molecule has 0 atom stereocenters. The highest BCUT2D eigenvalue weighted by atomic mass is 16.6. The molecule has 0 bridgehead atoms. The van der Waals surface area contributed by atoms with Gasteiger partial charge in [0.1, 0.15) is 0 Å². The lowest BCUT2D eigenvalue weighted by molar-refractivity contribution is -0.385. The van der Waals surface area contributed by atoms with E-state index in [-0.39, 0.29) is 29.2 Å². The van der Waals surface area contributed by atoms with Crippen molar-refractivity contribution in [1.29, 1.82) is 0 Å². The van der Waals surface area contributed by atoms with Crippen LogP contribution in [0, 0.1) is 10.1 Å². The van der Waals surface area contributed by atoms with Crippen molar-refractivity contribution in [2.45, 2.75) is 0 Å². The second-order valence-electron chi connectivity index (χ2n) is 3.49. The highest BCUT2D eigenvalue weighted by Gasteiger charge is 2.21. The highest BCUT2D eigenvalue weighted by molar-refractivity contribution is 5.71. The summed E-state index contributed by atoms with van der Waals surface area (Å²) in [4.78, 5) is 21.8. The monoisotopic (exact) mass is 262 g/mol. The summed E-state index contributed by atoms with van der Waals surface area (Å²) < 4.78 is 5.05. The van der Waals surface area contributed by atoms with Crippen LogP contribution < -0.4 is 16.2 Å². The lowest BCUT2D eigenvalue weighted by Gasteiger charge is -2.08. The zero-order chi connectivity index (χ0) is 14.0. The number of para-hydroxylation sites is 1. The number of rotatable bonds is 3. The van der Waals surface area contributed by atoms with Gasteiger partial charge in [-0.3, -0.25) is 10.1 Å². The standard InChI is InChI=1S/C10H10N6O3/c1-19-7-5(3-2-4-6(7)16(17)18)8-13-9(11)15-10(12)14-8/h2-4H,1H3,(H4,11,12,13,14,15). The molecule has 1 aromatic carbocycles. The predicted octanol–water partition coefficient (Wildman–Crippen LogP) is 0.620. The van der Waals surface area contributed by atoms with E-state index in [1.165, 1.54) is 19.2 Å². The van der Waals surface area contributed by atoms with Crippen molar-refractivity contribution in [2.24, 2.45) is 0 Å². The lowest BCUT2D eigenvalue weighted by Crippen LogP contribution is -2.05. The van der Waals surface area contributed by atoms with E-state index in [4.69, 9.17) is 16.2 Å². The molecule has 1 heterocycles. The number of nitrogens with zero attached hydrogens (tertiary/aromatic N) is 4. The molecule has 98 valence electrons. The van der Waals surface area contributed by atoms with Crippen molar-refractivity contribution in [3.05, 3.63) is 28.3 Å². The number of nitro groups is 1. The van der Waals surface area contributed by atoms with Crippen LogP contribution in [-0.4, -0.2) is 27.0 Å². The summed E-state index contributed by atoms with van der Waals surface area (Å²) in [6.07, 6.45) is 0. The van der Waals surface area contributed by atoms with E-state index in [0.29, 0.717) is 5.56 Å². The van der Waals surface area contributed by atoms with E-state index in [1.54, 1.807) is 6.07 Å². The van der Waals surface area contributed by atoms with Crippen molar-refractivity contribution < 1.29 is 9.66 Å². The van der Waals surface area contributed by atoms with Gasteiger partial charge in [0, 0.05) is 6.07 Å². The molecule has 2 aromatic rings. The number of nitrogen functional groups attached to an aromatic ring is 2. The van der Waals surface area contributed by atoms with E-state index in [9.17, 15) is 10.1 Å². The Morgan fingerprint density at radius 3 is 2.37 bits per heavy atom. The molecule has 0 fully saturated rings. The van der Waals surface area contributed by atoms with Crippen molar-refractivity contribution >= 4 is 17.6 Å². The topological polar surface area (TPSA) is 143 Å². The summed E-state index contributed by atoms with van der Waals surface area (Å²) in [5.74, 6) is 0.00942. The van der Waals surface area contributed by atoms with Crippen molar-refractivity contribution in [2.75, 3.05) is 18.6 Å². The highest BCUT2D eigenvalue weighted by Crippen LogP contribution is 2.36. The van der Waals surface area contributed by atoms with Crippen LogP contribution in [0.15, 0.2) is 18.2 Å². The van der Waals surface area contributed by atoms with Gasteiger partial charge in [-0.25, -0.2) is 0 Å². The fourth-order valence-electron chi connectivity index (χ4n) is 1.59. The van der Waals surface area contributed by atoms with Crippen molar-refractivity contribution in [1.82, 2.24) is 15.0 Å². The largest absolute Gasteiger partial charge is 0.490 e. The first-order valence-electron chi connectivity index (χ1n) is 5.11. The Morgan fingerprint density at radius 2 is 1.84 bits per heavy atom. The number of hydrogen-bond donors (Lipinski definition) is 2. The molecule has 0 saturated carbocycles. The molecule has 9 heteroatoms. The minimum absolute atomic E-state index is 0.0394. The van der Waals surface area contributed by atoms with Crippen LogP contribution in [0.25, 0.3) is 11.4 Å². The summed E-state index contributed by atoms with van der Waals surface area (Å²) >= 11 is 0. The van der Waals surface area contributed by atoms with Gasteiger partial charge >= 0.3 is 5.69 Å². The fraction of sp³-hybridized carbons (Fsp3) is 0.100. The first kappa shape index (κ1) is 12.5. The molecular weight excluding hydrogens is 252 g/mol. The van der Waals surface area contributed by atoms with E-state index < -0.39 is 4.92 Å². The summed E-state index contributed by atoms with van der Waals surface area (Å²) in [5.41, 5.74) is 11.1. The number of benzene rings is 1. The quantitative estimate of drug-likeness (QED) is 0.605. The van der Waals surface area contributed by atoms with Crippen LogP contribution in [0.3, 0.4) is 0 Å². The van der Waals surface area contributed by atoms with Crippen molar-refractivity contribution in [3.63, 3.8) is 0 Å². The summed E-state index contributed by atoms with van der Waals surface area (Å²) in [6.45, 7) is 0. The first-order chi connectivity index (χ1) is 9.02. The zero-order valence-corrected chi connectivity index (χ0v) is 9.90. The number of methoxy groups -OCH3 is 1. The van der Waals surface area contributed by atoms with Gasteiger partial charge in [-0.05, 0) is 6.07 Å². The molecule has 9 nitrogen and oxygen atoms in total. The van der Waals surface area contributed by atoms with Gasteiger partial charge < -0.3 is 16.2 Å². The van der Waals surface area contributed by atoms with Crippen LogP contribution in [0.4, 0.5) is 17.6 Å². The van der Waals surface area contributed by atoms with Crippen LogP contribution in [0.2, 0.25) is 0 Å². The minimum atomic E-state index is -0.559. The maximum atomic E-state index is 10.9. The zero-order valence-electron chi connectivity index (χ0n) is 9.90. The molecule has 0 unspecified atom stereocenters. The van der Waals surface area contributed by atoms with Gasteiger partial charge in [0.05, 0.1) is 17.6 Å². The number of ether oxygens (including phenoxy) is 1. The van der Waals surface area contributed by atoms with Gasteiger partial charge in [0.25, 0.3) is 0 Å². The summed E-state index contributed by atoms with van der Waals surface area (Å²) in [6, 6.07) is 4.38. The van der Waals surface area contributed by atoms with Crippen molar-refractivity contribution in [3.8, 4) is 17.1 Å². The Bertz CT molecular complexity index is 625. The van der Waals surface area contributed by atoms with Gasteiger partial charge in [0.15, 0.2) is 5.82 Å². The van der Waals surface area contributed by atoms with Gasteiger partial charge in [-0.15, -0.1) is 0 Å². The van der Waals surface area contributed by atoms with Crippen LogP contribution in [-0.2, 0) is 0 Å². The van der Waals surface area contributed by atoms with E-state index in [1.807, 2.05) is 0 Å². The molecule has 0 radical (unpaired) electrons. The number of nitro benzene ring substituents is 1. The molecule has 0 aliphatic heterocycles. The molecule has 0 saturated heterocycles. The molecule has 4 N–H and O–H groups in total. The molecule has 1 aromatic heterocycles. The lowest BCUT2D eigenvalue weighted by atomic mass is 10.1. The van der Waals surface area contributed by atoms with E-state index in [2.05, 4.69) is 15.0 Å². The number of aromatic nitrogens is 3. The molecular formula is C10H10N6O3. The van der Waals surface area contributed by atoms with Gasteiger partial charge in [0.2, 0.25) is 17.6 Å². The van der Waals surface area contributed by atoms with Gasteiger partial charge in [-0.2, -0.15) is 15.0 Å². The molecule has 0 aliphatic carbocycles. The average Bonchev–Trinajstić information content (AvgIpc) is 2.36. The average molecular weight is 262 g/mol. The Kier molecular flexibility index (Phi) is 3.10. The third kappa shape index (κ3) is 2.34. The molecule has 0 spiro atoms. The van der Waals surface area contributed by atoms with Crippen LogP contribution in [0.5, 0.6) is 5.75 Å². The summed E-state index contributed by atoms with van der Waals surface area (Å²) in [7, 11) is 1.32. The van der Waals surface area contributed by atoms with Gasteiger partial charge in [-0.1, -0.05) is 6.07 Å². The Morgan fingerprint density at radius 1 is 1.21 bits per heavy atom. The normalized spacial score (nSPS) is 10.2. The Hall–Kier alpha value is -2.97.